The van der Waals surface area contributed by atoms with E-state index in [0.29, 0.717) is 24.7 Å². The summed E-state index contributed by atoms with van der Waals surface area (Å²) in [4.78, 5) is 18.6. The van der Waals surface area contributed by atoms with E-state index >= 15 is 0 Å². The molecule has 1 aliphatic rings. The SMILES string of the molecule is COc1ccc(N2CC(c3noc(-c4ccccc4)n3)CC2=O)cc1. The van der Waals surface area contributed by atoms with Crippen LogP contribution in [0.4, 0.5) is 5.69 Å². The maximum absolute atomic E-state index is 12.4. The molecule has 1 aromatic heterocycles. The molecule has 0 bridgehead atoms. The predicted octanol–water partition coefficient (Wildman–Crippen LogP) is 3.27. The third-order valence-electron chi connectivity index (χ3n) is 4.34. The van der Waals surface area contributed by atoms with Crippen molar-refractivity contribution in [2.24, 2.45) is 0 Å². The number of benzene rings is 2. The van der Waals surface area contributed by atoms with Crippen LogP contribution in [0.15, 0.2) is 59.1 Å². The van der Waals surface area contributed by atoms with E-state index in [-0.39, 0.29) is 11.8 Å². The van der Waals surface area contributed by atoms with E-state index in [4.69, 9.17) is 9.26 Å². The van der Waals surface area contributed by atoms with Crippen molar-refractivity contribution in [3.63, 3.8) is 0 Å². The van der Waals surface area contributed by atoms with Gasteiger partial charge in [0, 0.05) is 30.1 Å². The molecule has 0 spiro atoms. The van der Waals surface area contributed by atoms with Gasteiger partial charge in [-0.1, -0.05) is 23.4 Å². The first kappa shape index (κ1) is 15.4. The summed E-state index contributed by atoms with van der Waals surface area (Å²) in [7, 11) is 1.62. The fraction of sp³-hybridized carbons (Fsp3) is 0.211. The molecule has 3 aromatic rings. The van der Waals surface area contributed by atoms with E-state index in [0.717, 1.165) is 17.0 Å². The first-order valence-electron chi connectivity index (χ1n) is 8.08. The molecule has 1 amide bonds. The second-order valence-corrected chi connectivity index (χ2v) is 5.93. The predicted molar refractivity (Wildman–Crippen MR) is 92.4 cm³/mol. The van der Waals surface area contributed by atoms with Crippen molar-refractivity contribution in [1.29, 1.82) is 0 Å². The minimum Gasteiger partial charge on any atom is -0.497 e. The van der Waals surface area contributed by atoms with Gasteiger partial charge in [-0.3, -0.25) is 4.79 Å². The summed E-state index contributed by atoms with van der Waals surface area (Å²) in [5.41, 5.74) is 1.72. The van der Waals surface area contributed by atoms with Gasteiger partial charge in [0.15, 0.2) is 5.82 Å². The number of methoxy groups -OCH3 is 1. The number of ether oxygens (including phenoxy) is 1. The number of rotatable bonds is 4. The van der Waals surface area contributed by atoms with Crippen molar-refractivity contribution in [2.45, 2.75) is 12.3 Å². The number of carbonyl (C=O) groups excluding carboxylic acids is 1. The highest BCUT2D eigenvalue weighted by atomic mass is 16.5. The van der Waals surface area contributed by atoms with E-state index in [1.165, 1.54) is 0 Å². The Morgan fingerprint density at radius 2 is 1.88 bits per heavy atom. The van der Waals surface area contributed by atoms with Gasteiger partial charge in [0.2, 0.25) is 5.91 Å². The Bertz CT molecular complexity index is 874. The average Bonchev–Trinajstić information content (AvgIpc) is 3.29. The van der Waals surface area contributed by atoms with Crippen molar-refractivity contribution in [1.82, 2.24) is 10.1 Å². The highest BCUT2D eigenvalue weighted by Gasteiger charge is 2.34. The molecule has 0 N–H and O–H groups in total. The van der Waals surface area contributed by atoms with Crippen LogP contribution in [0.5, 0.6) is 5.75 Å². The van der Waals surface area contributed by atoms with Crippen LogP contribution in [0.3, 0.4) is 0 Å². The number of aromatic nitrogens is 2. The van der Waals surface area contributed by atoms with Crippen molar-refractivity contribution in [3.05, 3.63) is 60.4 Å². The standard InChI is InChI=1S/C19H17N3O3/c1-24-16-9-7-15(8-10-16)22-12-14(11-17(22)23)18-20-19(25-21-18)13-5-3-2-4-6-13/h2-10,14H,11-12H2,1H3. The molecular formula is C19H17N3O3. The molecule has 1 aliphatic heterocycles. The Balaban J connectivity index is 1.53. The van der Waals surface area contributed by atoms with E-state index in [9.17, 15) is 4.79 Å². The topological polar surface area (TPSA) is 68.5 Å². The van der Waals surface area contributed by atoms with Gasteiger partial charge in [-0.25, -0.2) is 0 Å². The summed E-state index contributed by atoms with van der Waals surface area (Å²) >= 11 is 0. The molecule has 0 saturated carbocycles. The summed E-state index contributed by atoms with van der Waals surface area (Å²) in [6.45, 7) is 0.541. The van der Waals surface area contributed by atoms with Crippen molar-refractivity contribution >= 4 is 11.6 Å². The van der Waals surface area contributed by atoms with E-state index in [1.807, 2.05) is 54.6 Å². The molecule has 1 atom stereocenters. The van der Waals surface area contributed by atoms with Crippen LogP contribution in [0.25, 0.3) is 11.5 Å². The third-order valence-corrected chi connectivity index (χ3v) is 4.34. The Kier molecular flexibility index (Phi) is 3.93. The Hall–Kier alpha value is -3.15. The number of hydrogen-bond acceptors (Lipinski definition) is 5. The van der Waals surface area contributed by atoms with Gasteiger partial charge in [0.25, 0.3) is 5.89 Å². The molecule has 6 heteroatoms. The normalized spacial score (nSPS) is 17.1. The van der Waals surface area contributed by atoms with Crippen molar-refractivity contribution in [2.75, 3.05) is 18.6 Å². The Morgan fingerprint density at radius 1 is 1.12 bits per heavy atom. The first-order valence-corrected chi connectivity index (χ1v) is 8.08. The lowest BCUT2D eigenvalue weighted by Crippen LogP contribution is -2.24. The monoisotopic (exact) mass is 335 g/mol. The zero-order chi connectivity index (χ0) is 17.2. The molecule has 126 valence electrons. The van der Waals surface area contributed by atoms with Gasteiger partial charge < -0.3 is 14.2 Å². The van der Waals surface area contributed by atoms with Crippen LogP contribution >= 0.6 is 0 Å². The summed E-state index contributed by atoms with van der Waals surface area (Å²) in [5, 5.41) is 4.08. The molecule has 4 rings (SSSR count). The largest absolute Gasteiger partial charge is 0.497 e. The molecule has 2 heterocycles. The molecule has 1 fully saturated rings. The average molecular weight is 335 g/mol. The summed E-state index contributed by atoms with van der Waals surface area (Å²) < 4.78 is 10.5. The van der Waals surface area contributed by atoms with Crippen molar-refractivity contribution in [3.8, 4) is 17.2 Å². The Morgan fingerprint density at radius 3 is 2.60 bits per heavy atom. The van der Waals surface area contributed by atoms with Crippen LogP contribution in [-0.2, 0) is 4.79 Å². The van der Waals surface area contributed by atoms with Gasteiger partial charge in [-0.15, -0.1) is 0 Å². The molecule has 0 radical (unpaired) electrons. The second-order valence-electron chi connectivity index (χ2n) is 5.93. The van der Waals surface area contributed by atoms with Crippen LogP contribution < -0.4 is 9.64 Å². The maximum atomic E-state index is 12.4. The van der Waals surface area contributed by atoms with Crippen molar-refractivity contribution < 1.29 is 14.1 Å². The highest BCUT2D eigenvalue weighted by molar-refractivity contribution is 5.96. The second kappa shape index (κ2) is 6.39. The number of hydrogen-bond donors (Lipinski definition) is 0. The molecule has 0 aliphatic carbocycles. The lowest BCUT2D eigenvalue weighted by Gasteiger charge is -2.16. The lowest BCUT2D eigenvalue weighted by molar-refractivity contribution is -0.117. The molecule has 1 unspecified atom stereocenters. The number of nitrogens with zero attached hydrogens (tertiary/aromatic N) is 3. The van der Waals surface area contributed by atoms with Gasteiger partial charge >= 0.3 is 0 Å². The fourth-order valence-corrected chi connectivity index (χ4v) is 2.99. The van der Waals surface area contributed by atoms with Gasteiger partial charge in [-0.2, -0.15) is 4.98 Å². The molecule has 25 heavy (non-hydrogen) atoms. The quantitative estimate of drug-likeness (QED) is 0.732. The zero-order valence-electron chi connectivity index (χ0n) is 13.8. The van der Waals surface area contributed by atoms with E-state index in [1.54, 1.807) is 12.0 Å². The summed E-state index contributed by atoms with van der Waals surface area (Å²) in [5.74, 6) is 1.80. The molecule has 1 saturated heterocycles. The third kappa shape index (κ3) is 2.98. The summed E-state index contributed by atoms with van der Waals surface area (Å²) in [6, 6.07) is 17.1. The minimum atomic E-state index is -0.0733. The van der Waals surface area contributed by atoms with Crippen LogP contribution in [0.1, 0.15) is 18.2 Å². The maximum Gasteiger partial charge on any atom is 0.257 e. The highest BCUT2D eigenvalue weighted by Crippen LogP contribution is 2.32. The smallest absolute Gasteiger partial charge is 0.257 e. The van der Waals surface area contributed by atoms with Crippen LogP contribution in [-0.4, -0.2) is 29.7 Å². The first-order chi connectivity index (χ1) is 12.2. The number of amides is 1. The molecular weight excluding hydrogens is 318 g/mol. The van der Waals surface area contributed by atoms with Crippen LogP contribution in [0, 0.1) is 0 Å². The molecule has 6 nitrogen and oxygen atoms in total. The van der Waals surface area contributed by atoms with E-state index in [2.05, 4.69) is 10.1 Å². The fourth-order valence-electron chi connectivity index (χ4n) is 2.99. The number of anilines is 1. The van der Waals surface area contributed by atoms with Gasteiger partial charge in [0.1, 0.15) is 5.75 Å². The zero-order valence-corrected chi connectivity index (χ0v) is 13.8. The van der Waals surface area contributed by atoms with E-state index < -0.39 is 0 Å². The number of carbonyl (C=O) groups is 1. The molecule has 2 aromatic carbocycles. The lowest BCUT2D eigenvalue weighted by atomic mass is 10.1. The minimum absolute atomic E-state index is 0.0567. The van der Waals surface area contributed by atoms with Gasteiger partial charge in [-0.05, 0) is 36.4 Å². The Labute approximate surface area is 145 Å². The van der Waals surface area contributed by atoms with Crippen LogP contribution in [0.2, 0.25) is 0 Å². The van der Waals surface area contributed by atoms with Gasteiger partial charge in [0.05, 0.1) is 7.11 Å². The summed E-state index contributed by atoms with van der Waals surface area (Å²) in [6.07, 6.45) is 0.375.